The molecule has 1 atom stereocenters. The van der Waals surface area contributed by atoms with Crippen LogP contribution in [0.3, 0.4) is 0 Å². The quantitative estimate of drug-likeness (QED) is 0.908. The Bertz CT molecular complexity index is 704. The van der Waals surface area contributed by atoms with Crippen LogP contribution in [0.4, 0.5) is 0 Å². The van der Waals surface area contributed by atoms with Crippen LogP contribution >= 0.6 is 12.4 Å². The topological polar surface area (TPSA) is 68.3 Å². The first-order valence-corrected chi connectivity index (χ1v) is 7.53. The van der Waals surface area contributed by atoms with E-state index >= 15 is 0 Å². The molecule has 4 nitrogen and oxygen atoms in total. The van der Waals surface area contributed by atoms with Gasteiger partial charge in [-0.25, -0.2) is 0 Å². The van der Waals surface area contributed by atoms with E-state index < -0.39 is 0 Å². The molecule has 0 saturated heterocycles. The molecule has 22 heavy (non-hydrogen) atoms. The molecule has 1 unspecified atom stereocenters. The number of carbonyl (C=O) groups is 1. The Balaban J connectivity index is 0.00000176. The Hall–Kier alpha value is -1.52. The maximum atomic E-state index is 12.5. The summed E-state index contributed by atoms with van der Waals surface area (Å²) in [5.41, 5.74) is 9.67. The molecule has 1 fully saturated rings. The Kier molecular flexibility index (Phi) is 4.83. The molecule has 1 saturated carbocycles. The fourth-order valence-electron chi connectivity index (χ4n) is 2.99. The van der Waals surface area contributed by atoms with Crippen LogP contribution in [0, 0.1) is 26.7 Å². The number of carbonyl (C=O) groups excluding carboxylic acids is 1. The first-order valence-electron chi connectivity index (χ1n) is 7.53. The van der Waals surface area contributed by atoms with Gasteiger partial charge >= 0.3 is 0 Å². The Morgan fingerprint density at radius 1 is 1.32 bits per heavy atom. The molecule has 1 aromatic carbocycles. The van der Waals surface area contributed by atoms with Crippen LogP contribution in [0.2, 0.25) is 0 Å². The molecule has 1 aliphatic rings. The Morgan fingerprint density at radius 2 is 1.95 bits per heavy atom. The van der Waals surface area contributed by atoms with Gasteiger partial charge in [0.05, 0.1) is 0 Å². The highest BCUT2D eigenvalue weighted by Gasteiger charge is 2.32. The summed E-state index contributed by atoms with van der Waals surface area (Å²) in [5.74, 6) is 0.804. The van der Waals surface area contributed by atoms with Crippen molar-refractivity contribution in [3.63, 3.8) is 0 Å². The van der Waals surface area contributed by atoms with Gasteiger partial charge in [0.25, 0.3) is 5.91 Å². The number of hydrogen-bond donors (Lipinski definition) is 2. The largest absolute Gasteiger partial charge is 0.450 e. The van der Waals surface area contributed by atoms with Crippen molar-refractivity contribution in [2.75, 3.05) is 6.54 Å². The minimum Gasteiger partial charge on any atom is -0.450 e. The van der Waals surface area contributed by atoms with Crippen molar-refractivity contribution in [1.82, 2.24) is 5.32 Å². The van der Waals surface area contributed by atoms with Gasteiger partial charge in [0.15, 0.2) is 5.76 Å². The number of hydrogen-bond acceptors (Lipinski definition) is 3. The average Bonchev–Trinajstić information content (AvgIpc) is 3.23. The van der Waals surface area contributed by atoms with E-state index in [9.17, 15) is 4.79 Å². The molecule has 0 radical (unpaired) electrons. The van der Waals surface area contributed by atoms with E-state index in [2.05, 4.69) is 11.4 Å². The lowest BCUT2D eigenvalue weighted by atomic mass is 10.0. The summed E-state index contributed by atoms with van der Waals surface area (Å²) in [5, 5.41) is 4.08. The monoisotopic (exact) mass is 322 g/mol. The van der Waals surface area contributed by atoms with Crippen molar-refractivity contribution in [3.05, 3.63) is 34.6 Å². The van der Waals surface area contributed by atoms with Crippen molar-refractivity contribution in [2.24, 2.45) is 11.7 Å². The summed E-state index contributed by atoms with van der Waals surface area (Å²) in [7, 11) is 0. The predicted octanol–water partition coefficient (Wildman–Crippen LogP) is 3.25. The molecule has 0 spiro atoms. The van der Waals surface area contributed by atoms with Gasteiger partial charge in [-0.15, -0.1) is 12.4 Å². The third kappa shape index (κ3) is 2.85. The van der Waals surface area contributed by atoms with Crippen LogP contribution in [0.15, 0.2) is 16.5 Å². The van der Waals surface area contributed by atoms with Crippen molar-refractivity contribution in [2.45, 2.75) is 39.7 Å². The van der Waals surface area contributed by atoms with Gasteiger partial charge in [0.2, 0.25) is 0 Å². The lowest BCUT2D eigenvalue weighted by molar-refractivity contribution is 0.0906. The second-order valence-electron chi connectivity index (χ2n) is 6.11. The van der Waals surface area contributed by atoms with Crippen molar-refractivity contribution >= 4 is 29.3 Å². The highest BCUT2D eigenvalue weighted by atomic mass is 35.5. The molecule has 1 amide bonds. The minimum atomic E-state index is -0.148. The molecule has 1 heterocycles. The smallest absolute Gasteiger partial charge is 0.287 e. The summed E-state index contributed by atoms with van der Waals surface area (Å²) in [4.78, 5) is 12.5. The zero-order chi connectivity index (χ0) is 15.1. The van der Waals surface area contributed by atoms with Crippen LogP contribution < -0.4 is 11.1 Å². The zero-order valence-electron chi connectivity index (χ0n) is 13.2. The molecule has 3 rings (SSSR count). The number of aryl methyl sites for hydroxylation is 3. The van der Waals surface area contributed by atoms with Gasteiger partial charge in [0, 0.05) is 23.5 Å². The molecule has 0 aliphatic heterocycles. The molecular weight excluding hydrogens is 300 g/mol. The molecule has 3 N–H and O–H groups in total. The predicted molar refractivity (Wildman–Crippen MR) is 90.7 cm³/mol. The standard InChI is InChI=1S/C17H22N2O2.ClH/c1-9-4-5-10(2)15-14(9)11(3)16(21-15)17(20)19-13(8-18)12-6-7-12;/h4-5,12-13H,6-8,18H2,1-3H3,(H,19,20);1H. The zero-order valence-corrected chi connectivity index (χ0v) is 14.0. The number of furan rings is 1. The van der Waals surface area contributed by atoms with E-state index in [0.717, 1.165) is 40.5 Å². The first-order chi connectivity index (χ1) is 10.0. The lowest BCUT2D eigenvalue weighted by Gasteiger charge is -2.15. The second-order valence-corrected chi connectivity index (χ2v) is 6.11. The summed E-state index contributed by atoms with van der Waals surface area (Å²) in [6, 6.07) is 4.15. The summed E-state index contributed by atoms with van der Waals surface area (Å²) < 4.78 is 5.86. The molecule has 1 aromatic heterocycles. The highest BCUT2D eigenvalue weighted by Crippen LogP contribution is 2.33. The summed E-state index contributed by atoms with van der Waals surface area (Å²) in [6.45, 7) is 6.47. The third-order valence-electron chi connectivity index (χ3n) is 4.45. The molecule has 120 valence electrons. The van der Waals surface area contributed by atoms with Crippen LogP contribution in [0.1, 0.15) is 40.1 Å². The van der Waals surface area contributed by atoms with Crippen LogP contribution in [-0.2, 0) is 0 Å². The van der Waals surface area contributed by atoms with E-state index in [0.29, 0.717) is 18.2 Å². The van der Waals surface area contributed by atoms with E-state index in [1.54, 1.807) is 0 Å². The highest BCUT2D eigenvalue weighted by molar-refractivity contribution is 6.00. The van der Waals surface area contributed by atoms with Crippen LogP contribution in [-0.4, -0.2) is 18.5 Å². The molecule has 2 aromatic rings. The number of rotatable bonds is 4. The normalized spacial score (nSPS) is 15.5. The van der Waals surface area contributed by atoms with Gasteiger partial charge in [-0.2, -0.15) is 0 Å². The van der Waals surface area contributed by atoms with Crippen molar-refractivity contribution < 1.29 is 9.21 Å². The van der Waals surface area contributed by atoms with E-state index in [1.807, 2.05) is 26.8 Å². The molecule has 0 bridgehead atoms. The van der Waals surface area contributed by atoms with E-state index in [4.69, 9.17) is 10.2 Å². The number of nitrogens with two attached hydrogens (primary N) is 1. The van der Waals surface area contributed by atoms with Crippen LogP contribution in [0.25, 0.3) is 11.0 Å². The molecule has 1 aliphatic carbocycles. The maximum Gasteiger partial charge on any atom is 0.287 e. The minimum absolute atomic E-state index is 0. The summed E-state index contributed by atoms with van der Waals surface area (Å²) in [6.07, 6.45) is 2.30. The number of benzene rings is 1. The fourth-order valence-corrected chi connectivity index (χ4v) is 2.99. The lowest BCUT2D eigenvalue weighted by Crippen LogP contribution is -2.41. The third-order valence-corrected chi connectivity index (χ3v) is 4.45. The number of fused-ring (bicyclic) bond motifs is 1. The van der Waals surface area contributed by atoms with Gasteiger partial charge in [-0.3, -0.25) is 4.79 Å². The fraction of sp³-hybridized carbons (Fsp3) is 0.471. The SMILES string of the molecule is Cc1ccc(C)c2c(C)c(C(=O)NC(CN)C3CC3)oc12.Cl. The van der Waals surface area contributed by atoms with E-state index in [-0.39, 0.29) is 24.4 Å². The van der Waals surface area contributed by atoms with Gasteiger partial charge in [-0.1, -0.05) is 12.1 Å². The van der Waals surface area contributed by atoms with Gasteiger partial charge < -0.3 is 15.5 Å². The maximum absolute atomic E-state index is 12.5. The van der Waals surface area contributed by atoms with Gasteiger partial charge in [0.1, 0.15) is 5.58 Å². The number of amides is 1. The van der Waals surface area contributed by atoms with Crippen molar-refractivity contribution in [1.29, 1.82) is 0 Å². The first kappa shape index (κ1) is 16.8. The van der Waals surface area contributed by atoms with Gasteiger partial charge in [-0.05, 0) is 50.7 Å². The number of nitrogens with one attached hydrogen (secondary N) is 1. The molecule has 5 heteroatoms. The van der Waals surface area contributed by atoms with Crippen molar-refractivity contribution in [3.8, 4) is 0 Å². The Morgan fingerprint density at radius 3 is 2.50 bits per heavy atom. The Labute approximate surface area is 136 Å². The molecular formula is C17H23ClN2O2. The second kappa shape index (κ2) is 6.31. The average molecular weight is 323 g/mol. The number of halogens is 1. The van der Waals surface area contributed by atoms with Crippen LogP contribution in [0.5, 0.6) is 0 Å². The van der Waals surface area contributed by atoms with E-state index in [1.165, 1.54) is 0 Å². The summed E-state index contributed by atoms with van der Waals surface area (Å²) >= 11 is 0.